The first-order valence-corrected chi connectivity index (χ1v) is 12.5. The summed E-state index contributed by atoms with van der Waals surface area (Å²) in [6.45, 7) is 2.72. The minimum Gasteiger partial charge on any atom is -0.369 e. The molecule has 0 saturated heterocycles. The molecule has 0 aromatic carbocycles. The predicted octanol–water partition coefficient (Wildman–Crippen LogP) is 1.19. The predicted molar refractivity (Wildman–Crippen MR) is 108 cm³/mol. The molecule has 2 aromatic rings. The number of H-pyrrole nitrogens is 1. The number of fused-ring (bicyclic) bond motifs is 1. The van der Waals surface area contributed by atoms with Crippen LogP contribution in [-0.4, -0.2) is 55.7 Å². The fraction of sp³-hybridized carbons (Fsp3) is 0.667. The second kappa shape index (κ2) is 9.47. The molecule has 1 aliphatic carbocycles. The first-order chi connectivity index (χ1) is 14.6. The number of hydrogen-bond acceptors (Lipinski definition) is 10. The lowest BCUT2D eigenvalue weighted by atomic mass is 9.70. The molecule has 14 nitrogen and oxygen atoms in total. The van der Waals surface area contributed by atoms with Crippen molar-refractivity contribution in [3.05, 3.63) is 16.7 Å². The summed E-state index contributed by atoms with van der Waals surface area (Å²) in [6.07, 6.45) is 1.85. The molecule has 1 saturated carbocycles. The van der Waals surface area contributed by atoms with Crippen LogP contribution in [-0.2, 0) is 27.2 Å². The van der Waals surface area contributed by atoms with Crippen LogP contribution in [0.15, 0.2) is 11.1 Å². The Kier molecular flexibility index (Phi) is 7.34. The van der Waals surface area contributed by atoms with Crippen molar-refractivity contribution < 1.29 is 37.0 Å². The summed E-state index contributed by atoms with van der Waals surface area (Å²) in [7, 11) is -8.48. The summed E-state index contributed by atoms with van der Waals surface area (Å²) >= 11 is 0. The number of imidazole rings is 1. The van der Waals surface area contributed by atoms with Crippen LogP contribution in [0.25, 0.3) is 11.2 Å². The SMILES string of the molecule is CCOP(=O)(O)OCC1CC(n2cnc3c(=O)[nH]c(N)nc32)C1COP(=O)(O)OCC. The van der Waals surface area contributed by atoms with Crippen LogP contribution in [0, 0.1) is 11.8 Å². The Bertz CT molecular complexity index is 1070. The topological polar surface area (TPSA) is 201 Å². The van der Waals surface area contributed by atoms with Gasteiger partial charge in [-0.25, -0.2) is 14.1 Å². The number of phosphoric acid groups is 2. The van der Waals surface area contributed by atoms with E-state index in [-0.39, 0.29) is 55.5 Å². The van der Waals surface area contributed by atoms with Crippen molar-refractivity contribution in [3.63, 3.8) is 0 Å². The van der Waals surface area contributed by atoms with Gasteiger partial charge in [0.05, 0.1) is 32.8 Å². The van der Waals surface area contributed by atoms with Crippen molar-refractivity contribution in [2.75, 3.05) is 32.2 Å². The number of aromatic amines is 1. The quantitative estimate of drug-likeness (QED) is 0.334. The minimum atomic E-state index is -4.27. The Morgan fingerprint density at radius 3 is 2.39 bits per heavy atom. The zero-order valence-corrected chi connectivity index (χ0v) is 18.7. The lowest BCUT2D eigenvalue weighted by molar-refractivity contribution is -0.0101. The highest BCUT2D eigenvalue weighted by molar-refractivity contribution is 7.47. The number of hydrogen-bond donors (Lipinski definition) is 4. The van der Waals surface area contributed by atoms with Crippen molar-refractivity contribution in [1.82, 2.24) is 19.5 Å². The fourth-order valence-corrected chi connectivity index (χ4v) is 5.04. The minimum absolute atomic E-state index is 0.00166. The third-order valence-electron chi connectivity index (χ3n) is 4.92. The maximum absolute atomic E-state index is 12.0. The van der Waals surface area contributed by atoms with Crippen LogP contribution in [0.3, 0.4) is 0 Å². The zero-order valence-electron chi connectivity index (χ0n) is 16.9. The van der Waals surface area contributed by atoms with Gasteiger partial charge in [0.1, 0.15) is 0 Å². The molecule has 1 aliphatic rings. The average molecular weight is 481 g/mol. The van der Waals surface area contributed by atoms with E-state index in [2.05, 4.69) is 19.5 Å². The number of nitrogen functional groups attached to an aromatic ring is 1. The van der Waals surface area contributed by atoms with Crippen LogP contribution in [0.4, 0.5) is 5.95 Å². The maximum Gasteiger partial charge on any atom is 0.472 e. The lowest BCUT2D eigenvalue weighted by Crippen LogP contribution is -2.43. The fourth-order valence-electron chi connectivity index (χ4n) is 3.49. The van der Waals surface area contributed by atoms with Gasteiger partial charge in [-0.05, 0) is 26.2 Å². The van der Waals surface area contributed by atoms with E-state index in [0.717, 1.165) is 0 Å². The number of rotatable bonds is 11. The summed E-state index contributed by atoms with van der Waals surface area (Å²) in [4.78, 5) is 42.0. The van der Waals surface area contributed by atoms with Gasteiger partial charge in [-0.3, -0.25) is 27.9 Å². The van der Waals surface area contributed by atoms with Gasteiger partial charge in [0.15, 0.2) is 11.2 Å². The highest BCUT2D eigenvalue weighted by Crippen LogP contribution is 2.52. The van der Waals surface area contributed by atoms with Gasteiger partial charge in [-0.2, -0.15) is 4.98 Å². The van der Waals surface area contributed by atoms with E-state index in [1.165, 1.54) is 6.33 Å². The van der Waals surface area contributed by atoms with Crippen molar-refractivity contribution in [1.29, 1.82) is 0 Å². The lowest BCUT2D eigenvalue weighted by Gasteiger charge is -2.45. The molecule has 2 heterocycles. The van der Waals surface area contributed by atoms with Gasteiger partial charge in [-0.15, -0.1) is 0 Å². The molecule has 3 rings (SSSR count). The first kappa shape index (κ1) is 24.0. The van der Waals surface area contributed by atoms with Gasteiger partial charge in [0.25, 0.3) is 5.56 Å². The van der Waals surface area contributed by atoms with E-state index in [4.69, 9.17) is 19.3 Å². The molecule has 1 fully saturated rings. The Balaban J connectivity index is 1.82. The molecule has 5 atom stereocenters. The number of aromatic nitrogens is 4. The molecule has 0 radical (unpaired) electrons. The summed E-state index contributed by atoms with van der Waals surface area (Å²) < 4.78 is 44.9. The molecule has 5 N–H and O–H groups in total. The summed E-state index contributed by atoms with van der Waals surface area (Å²) in [5.74, 6) is -0.841. The smallest absolute Gasteiger partial charge is 0.369 e. The van der Waals surface area contributed by atoms with Gasteiger partial charge < -0.3 is 20.1 Å². The number of nitrogens with two attached hydrogens (primary N) is 1. The molecule has 5 unspecified atom stereocenters. The Morgan fingerprint density at radius 2 is 1.77 bits per heavy atom. The van der Waals surface area contributed by atoms with E-state index < -0.39 is 27.1 Å². The molecule has 174 valence electrons. The second-order valence-electron chi connectivity index (χ2n) is 6.87. The molecular formula is C15H25N5O9P2. The molecule has 16 heteroatoms. The number of nitrogens with one attached hydrogen (secondary N) is 1. The van der Waals surface area contributed by atoms with E-state index in [9.17, 15) is 23.7 Å². The molecule has 0 spiro atoms. The summed E-state index contributed by atoms with van der Waals surface area (Å²) in [5.41, 5.74) is 5.47. The average Bonchev–Trinajstić information content (AvgIpc) is 3.04. The Labute approximate surface area is 176 Å². The van der Waals surface area contributed by atoms with Crippen LogP contribution >= 0.6 is 15.6 Å². The molecule has 0 amide bonds. The normalized spacial score (nSPS) is 25.1. The molecule has 0 aliphatic heterocycles. The van der Waals surface area contributed by atoms with Crippen molar-refractivity contribution in [2.45, 2.75) is 26.3 Å². The van der Waals surface area contributed by atoms with Crippen molar-refractivity contribution >= 4 is 32.8 Å². The van der Waals surface area contributed by atoms with Crippen LogP contribution in [0.5, 0.6) is 0 Å². The van der Waals surface area contributed by atoms with Gasteiger partial charge in [0.2, 0.25) is 5.95 Å². The van der Waals surface area contributed by atoms with Crippen LogP contribution < -0.4 is 11.3 Å². The number of nitrogens with zero attached hydrogens (tertiary/aromatic N) is 3. The van der Waals surface area contributed by atoms with E-state index in [1.807, 2.05) is 0 Å². The molecular weight excluding hydrogens is 456 g/mol. The van der Waals surface area contributed by atoms with Gasteiger partial charge >= 0.3 is 15.6 Å². The van der Waals surface area contributed by atoms with Crippen LogP contribution in [0.2, 0.25) is 0 Å². The van der Waals surface area contributed by atoms with E-state index in [0.29, 0.717) is 6.42 Å². The van der Waals surface area contributed by atoms with Crippen molar-refractivity contribution in [2.24, 2.45) is 11.8 Å². The molecule has 0 bridgehead atoms. The third-order valence-corrected chi connectivity index (χ3v) is 7.04. The van der Waals surface area contributed by atoms with Crippen LogP contribution in [0.1, 0.15) is 26.3 Å². The monoisotopic (exact) mass is 481 g/mol. The first-order valence-electron chi connectivity index (χ1n) is 9.53. The maximum atomic E-state index is 12.0. The number of phosphoric ester groups is 2. The number of anilines is 1. The highest BCUT2D eigenvalue weighted by atomic mass is 31.2. The molecule has 31 heavy (non-hydrogen) atoms. The third kappa shape index (κ3) is 5.60. The molecule has 2 aromatic heterocycles. The standard InChI is InChI=1S/C15H25N5O9P2/c1-3-26-30(22,23)28-6-9-5-11(10(9)7-29-31(24,25)27-4-2)20-8-17-12-13(20)18-15(16)19-14(12)21/h8-11H,3-7H2,1-2H3,(H,22,23)(H,24,25)(H3,16,18,19,21). The van der Waals surface area contributed by atoms with Gasteiger partial charge in [-0.1, -0.05) is 0 Å². The Hall–Kier alpha value is -1.63. The zero-order chi connectivity index (χ0) is 22.8. The summed E-state index contributed by atoms with van der Waals surface area (Å²) in [6, 6.07) is -0.348. The summed E-state index contributed by atoms with van der Waals surface area (Å²) in [5, 5.41) is 0. The Morgan fingerprint density at radius 1 is 1.16 bits per heavy atom. The highest BCUT2D eigenvalue weighted by Gasteiger charge is 2.45. The van der Waals surface area contributed by atoms with E-state index >= 15 is 0 Å². The van der Waals surface area contributed by atoms with Crippen molar-refractivity contribution in [3.8, 4) is 0 Å². The van der Waals surface area contributed by atoms with Gasteiger partial charge in [0, 0.05) is 12.0 Å². The largest absolute Gasteiger partial charge is 0.472 e. The van der Waals surface area contributed by atoms with E-state index in [1.54, 1.807) is 18.4 Å². The second-order valence-corrected chi connectivity index (χ2v) is 9.77.